The number of carbonyl (C=O) groups is 1. The van der Waals surface area contributed by atoms with E-state index in [4.69, 9.17) is 5.73 Å². The normalized spacial score (nSPS) is 11.1. The third-order valence-electron chi connectivity index (χ3n) is 2.53. The van der Waals surface area contributed by atoms with E-state index in [0.29, 0.717) is 0 Å². The Morgan fingerprint density at radius 1 is 1.56 bits per heavy atom. The van der Waals surface area contributed by atoms with Gasteiger partial charge in [0.2, 0.25) is 11.7 Å². The van der Waals surface area contributed by atoms with Crippen LogP contribution >= 0.6 is 0 Å². The lowest BCUT2D eigenvalue weighted by atomic mass is 9.92. The van der Waals surface area contributed by atoms with E-state index in [2.05, 4.69) is 5.32 Å². The number of benzene rings is 1. The van der Waals surface area contributed by atoms with Gasteiger partial charge in [0.15, 0.2) is 0 Å². The Morgan fingerprint density at radius 3 is 2.67 bits per heavy atom. The molecule has 0 aliphatic heterocycles. The third-order valence-corrected chi connectivity index (χ3v) is 2.53. The number of nitrogens with zero attached hydrogens (tertiary/aromatic N) is 1. The van der Waals surface area contributed by atoms with Crippen molar-refractivity contribution in [3.05, 3.63) is 34.1 Å². The smallest absolute Gasteiger partial charge is 0.306 e. The van der Waals surface area contributed by atoms with Crippen molar-refractivity contribution in [3.8, 4) is 0 Å². The zero-order valence-electron chi connectivity index (χ0n) is 10.1. The molecule has 1 rings (SSSR count). The van der Waals surface area contributed by atoms with Crippen LogP contribution in [0.2, 0.25) is 0 Å². The average Bonchev–Trinajstić information content (AvgIpc) is 2.31. The summed E-state index contributed by atoms with van der Waals surface area (Å²) >= 11 is 0. The first kappa shape index (κ1) is 14.0. The van der Waals surface area contributed by atoms with E-state index in [1.807, 2.05) is 0 Å². The van der Waals surface area contributed by atoms with E-state index in [1.165, 1.54) is 6.07 Å². The van der Waals surface area contributed by atoms with Crippen molar-refractivity contribution < 1.29 is 14.1 Å². The van der Waals surface area contributed by atoms with Crippen molar-refractivity contribution in [2.75, 3.05) is 11.9 Å². The molecule has 0 heterocycles. The van der Waals surface area contributed by atoms with Crippen molar-refractivity contribution in [2.45, 2.75) is 13.8 Å². The quantitative estimate of drug-likeness (QED) is 0.631. The SMILES string of the molecule is CC(C)(CN)C(=O)Nc1ccc(F)c([N+](=O)[O-])c1. The van der Waals surface area contributed by atoms with Crippen LogP contribution in [-0.4, -0.2) is 17.4 Å². The summed E-state index contributed by atoms with van der Waals surface area (Å²) in [5.41, 5.74) is 4.11. The summed E-state index contributed by atoms with van der Waals surface area (Å²) < 4.78 is 13.1. The minimum Gasteiger partial charge on any atom is -0.329 e. The molecule has 0 spiro atoms. The van der Waals surface area contributed by atoms with Crippen molar-refractivity contribution in [1.82, 2.24) is 0 Å². The molecule has 0 aromatic heterocycles. The van der Waals surface area contributed by atoms with Crippen LogP contribution < -0.4 is 11.1 Å². The highest BCUT2D eigenvalue weighted by Gasteiger charge is 2.26. The summed E-state index contributed by atoms with van der Waals surface area (Å²) in [5.74, 6) is -1.33. The number of hydrogen-bond acceptors (Lipinski definition) is 4. The predicted molar refractivity (Wildman–Crippen MR) is 64.5 cm³/mol. The molecule has 0 aliphatic carbocycles. The van der Waals surface area contributed by atoms with Crippen LogP contribution in [0.15, 0.2) is 18.2 Å². The minimum absolute atomic E-state index is 0.127. The van der Waals surface area contributed by atoms with Gasteiger partial charge in [0.1, 0.15) is 0 Å². The van der Waals surface area contributed by atoms with Crippen molar-refractivity contribution in [1.29, 1.82) is 0 Å². The second-order valence-corrected chi connectivity index (χ2v) is 4.47. The molecule has 1 aromatic rings. The molecule has 0 bridgehead atoms. The molecule has 1 amide bonds. The number of nitrogens with two attached hydrogens (primary N) is 1. The first-order chi connectivity index (χ1) is 8.27. The van der Waals surface area contributed by atoms with E-state index in [-0.39, 0.29) is 18.1 Å². The number of rotatable bonds is 4. The number of halogens is 1. The first-order valence-corrected chi connectivity index (χ1v) is 5.23. The molecule has 1 aromatic carbocycles. The van der Waals surface area contributed by atoms with E-state index in [0.717, 1.165) is 12.1 Å². The Bertz CT molecular complexity index is 488. The lowest BCUT2D eigenvalue weighted by molar-refractivity contribution is -0.387. The Balaban J connectivity index is 2.96. The van der Waals surface area contributed by atoms with Gasteiger partial charge in [-0.2, -0.15) is 4.39 Å². The lowest BCUT2D eigenvalue weighted by Gasteiger charge is -2.21. The summed E-state index contributed by atoms with van der Waals surface area (Å²) in [6.07, 6.45) is 0. The Labute approximate surface area is 103 Å². The molecule has 0 saturated heterocycles. The fourth-order valence-corrected chi connectivity index (χ4v) is 1.12. The fourth-order valence-electron chi connectivity index (χ4n) is 1.12. The monoisotopic (exact) mass is 255 g/mol. The van der Waals surface area contributed by atoms with E-state index in [9.17, 15) is 19.3 Å². The highest BCUT2D eigenvalue weighted by molar-refractivity contribution is 5.95. The second kappa shape index (κ2) is 5.09. The number of amides is 1. The summed E-state index contributed by atoms with van der Waals surface area (Å²) in [6.45, 7) is 3.41. The van der Waals surface area contributed by atoms with Gasteiger partial charge in [-0.3, -0.25) is 14.9 Å². The predicted octanol–water partition coefficient (Wildman–Crippen LogP) is 1.66. The van der Waals surface area contributed by atoms with Crippen LogP contribution in [0.1, 0.15) is 13.8 Å². The molecule has 98 valence electrons. The molecule has 0 unspecified atom stereocenters. The van der Waals surface area contributed by atoms with Crippen molar-refractivity contribution in [3.63, 3.8) is 0 Å². The maximum absolute atomic E-state index is 13.1. The van der Waals surface area contributed by atoms with Gasteiger partial charge in [0.05, 0.1) is 10.3 Å². The third kappa shape index (κ3) is 3.01. The van der Waals surface area contributed by atoms with E-state index >= 15 is 0 Å². The largest absolute Gasteiger partial charge is 0.329 e. The van der Waals surface area contributed by atoms with E-state index < -0.39 is 21.8 Å². The lowest BCUT2D eigenvalue weighted by Crippen LogP contribution is -2.37. The highest BCUT2D eigenvalue weighted by atomic mass is 19.1. The van der Waals surface area contributed by atoms with Gasteiger partial charge in [0, 0.05) is 18.3 Å². The van der Waals surface area contributed by atoms with Crippen LogP contribution in [0.25, 0.3) is 0 Å². The summed E-state index contributed by atoms with van der Waals surface area (Å²) in [4.78, 5) is 21.5. The molecule has 0 atom stereocenters. The van der Waals surface area contributed by atoms with Gasteiger partial charge in [-0.25, -0.2) is 0 Å². The van der Waals surface area contributed by atoms with Crippen LogP contribution in [0.5, 0.6) is 0 Å². The number of hydrogen-bond donors (Lipinski definition) is 2. The maximum Gasteiger partial charge on any atom is 0.306 e. The van der Waals surface area contributed by atoms with Crippen LogP contribution in [-0.2, 0) is 4.79 Å². The van der Waals surface area contributed by atoms with Crippen molar-refractivity contribution in [2.24, 2.45) is 11.1 Å². The zero-order chi connectivity index (χ0) is 13.9. The maximum atomic E-state index is 13.1. The Kier molecular flexibility index (Phi) is 3.97. The summed E-state index contributed by atoms with van der Waals surface area (Å²) in [6, 6.07) is 3.16. The second-order valence-electron chi connectivity index (χ2n) is 4.47. The molecular weight excluding hydrogens is 241 g/mol. The molecule has 3 N–H and O–H groups in total. The number of nitro groups is 1. The van der Waals surface area contributed by atoms with Gasteiger partial charge in [0.25, 0.3) is 0 Å². The Morgan fingerprint density at radius 2 is 2.17 bits per heavy atom. The van der Waals surface area contributed by atoms with Crippen LogP contribution in [0, 0.1) is 21.3 Å². The van der Waals surface area contributed by atoms with Gasteiger partial charge in [-0.15, -0.1) is 0 Å². The van der Waals surface area contributed by atoms with Gasteiger partial charge >= 0.3 is 5.69 Å². The number of anilines is 1. The average molecular weight is 255 g/mol. The summed E-state index contributed by atoms with van der Waals surface area (Å²) in [7, 11) is 0. The van der Waals surface area contributed by atoms with Crippen molar-refractivity contribution >= 4 is 17.3 Å². The topological polar surface area (TPSA) is 98.3 Å². The molecule has 0 saturated carbocycles. The van der Waals surface area contributed by atoms with Gasteiger partial charge in [-0.1, -0.05) is 0 Å². The van der Waals surface area contributed by atoms with Gasteiger partial charge in [-0.05, 0) is 26.0 Å². The highest BCUT2D eigenvalue weighted by Crippen LogP contribution is 2.23. The molecular formula is C11H14FN3O3. The minimum atomic E-state index is -0.948. The fraction of sp³-hybridized carbons (Fsp3) is 0.364. The Hall–Kier alpha value is -2.02. The van der Waals surface area contributed by atoms with E-state index in [1.54, 1.807) is 13.8 Å². The molecule has 6 nitrogen and oxygen atoms in total. The number of nitrogens with one attached hydrogen (secondary N) is 1. The molecule has 0 aliphatic rings. The molecule has 0 radical (unpaired) electrons. The molecule has 18 heavy (non-hydrogen) atoms. The van der Waals surface area contributed by atoms with Crippen LogP contribution in [0.3, 0.4) is 0 Å². The standard InChI is InChI=1S/C11H14FN3O3/c1-11(2,6-13)10(16)14-7-3-4-8(12)9(5-7)15(17)18/h3-5H,6,13H2,1-2H3,(H,14,16). The summed E-state index contributed by atoms with van der Waals surface area (Å²) in [5, 5.41) is 13.0. The number of nitro benzene ring substituents is 1. The number of carbonyl (C=O) groups excluding carboxylic acids is 1. The van der Waals surface area contributed by atoms with Crippen LogP contribution in [0.4, 0.5) is 15.8 Å². The molecule has 0 fully saturated rings. The first-order valence-electron chi connectivity index (χ1n) is 5.23. The zero-order valence-corrected chi connectivity index (χ0v) is 10.1. The van der Waals surface area contributed by atoms with Gasteiger partial charge < -0.3 is 11.1 Å². The molecule has 7 heteroatoms.